The molecule has 0 saturated carbocycles. The number of ether oxygens (including phenoxy) is 1. The molecule has 0 radical (unpaired) electrons. The van der Waals surface area contributed by atoms with E-state index in [2.05, 4.69) is 10.4 Å². The van der Waals surface area contributed by atoms with Crippen LogP contribution < -0.4 is 10.1 Å². The van der Waals surface area contributed by atoms with Crippen molar-refractivity contribution in [2.75, 3.05) is 6.54 Å². The number of nitrogens with one attached hydrogen (secondary N) is 1. The van der Waals surface area contributed by atoms with Gasteiger partial charge in [0.05, 0.1) is 4.92 Å². The lowest BCUT2D eigenvalue weighted by molar-refractivity contribution is -0.385. The van der Waals surface area contributed by atoms with Crippen LogP contribution in [-0.4, -0.2) is 27.2 Å². The van der Waals surface area contributed by atoms with Crippen LogP contribution in [0, 0.1) is 16.0 Å². The van der Waals surface area contributed by atoms with Crippen LogP contribution in [0.1, 0.15) is 24.3 Å². The molecule has 1 N–H and O–H groups in total. The molecule has 8 heteroatoms. The van der Waals surface area contributed by atoms with Crippen molar-refractivity contribution in [3.8, 4) is 11.6 Å². The van der Waals surface area contributed by atoms with Crippen LogP contribution in [0.3, 0.4) is 0 Å². The Bertz CT molecular complexity index is 724. The predicted octanol–water partition coefficient (Wildman–Crippen LogP) is 2.51. The van der Waals surface area contributed by atoms with E-state index < -0.39 is 4.92 Å². The Morgan fingerprint density at radius 2 is 2.13 bits per heavy atom. The first kappa shape index (κ1) is 16.5. The third-order valence-corrected chi connectivity index (χ3v) is 3.02. The first-order chi connectivity index (χ1) is 10.9. The molecular formula is C15H18N4O4. The lowest BCUT2D eigenvalue weighted by Crippen LogP contribution is -2.27. The standard InChI is InChI=1S/C15H18N4O4/c1-10(2)9-16-15(20)11-8-14(18(3)17-11)23-13-7-5-4-6-12(13)19(21)22/h4-8,10H,9H2,1-3H3,(H,16,20). The summed E-state index contributed by atoms with van der Waals surface area (Å²) in [6, 6.07) is 7.48. The van der Waals surface area contributed by atoms with Gasteiger partial charge < -0.3 is 10.1 Å². The summed E-state index contributed by atoms with van der Waals surface area (Å²) >= 11 is 0. The molecule has 2 rings (SSSR count). The summed E-state index contributed by atoms with van der Waals surface area (Å²) in [5.41, 5.74) is 0.0428. The summed E-state index contributed by atoms with van der Waals surface area (Å²) in [4.78, 5) is 22.5. The molecule has 0 atom stereocenters. The van der Waals surface area contributed by atoms with E-state index in [1.54, 1.807) is 19.2 Å². The quantitative estimate of drug-likeness (QED) is 0.651. The Labute approximate surface area is 133 Å². The number of carbonyl (C=O) groups is 1. The predicted molar refractivity (Wildman–Crippen MR) is 83.5 cm³/mol. The van der Waals surface area contributed by atoms with Gasteiger partial charge in [0.1, 0.15) is 0 Å². The lowest BCUT2D eigenvalue weighted by Gasteiger charge is -2.05. The van der Waals surface area contributed by atoms with Gasteiger partial charge in [-0.2, -0.15) is 5.10 Å². The highest BCUT2D eigenvalue weighted by Gasteiger charge is 2.18. The number of hydrogen-bond acceptors (Lipinski definition) is 5. The number of aromatic nitrogens is 2. The topological polar surface area (TPSA) is 99.3 Å². The molecule has 1 amide bonds. The molecule has 0 unspecified atom stereocenters. The van der Waals surface area contributed by atoms with E-state index in [4.69, 9.17) is 4.74 Å². The maximum absolute atomic E-state index is 12.0. The Morgan fingerprint density at radius 3 is 2.78 bits per heavy atom. The first-order valence-corrected chi connectivity index (χ1v) is 7.12. The molecule has 122 valence electrons. The average Bonchev–Trinajstić information content (AvgIpc) is 2.86. The van der Waals surface area contributed by atoms with E-state index in [0.717, 1.165) is 0 Å². The van der Waals surface area contributed by atoms with E-state index in [9.17, 15) is 14.9 Å². The molecule has 0 aliphatic heterocycles. The number of nitro groups is 1. The second-order valence-electron chi connectivity index (χ2n) is 5.42. The van der Waals surface area contributed by atoms with E-state index in [1.165, 1.54) is 22.9 Å². The summed E-state index contributed by atoms with van der Waals surface area (Å²) < 4.78 is 6.90. The zero-order valence-electron chi connectivity index (χ0n) is 13.1. The highest BCUT2D eigenvalue weighted by molar-refractivity contribution is 5.92. The van der Waals surface area contributed by atoms with Crippen molar-refractivity contribution < 1.29 is 14.5 Å². The van der Waals surface area contributed by atoms with Crippen LogP contribution in [0.2, 0.25) is 0 Å². The van der Waals surface area contributed by atoms with Crippen LogP contribution in [0.4, 0.5) is 5.69 Å². The number of rotatable bonds is 6. The fourth-order valence-electron chi connectivity index (χ4n) is 1.85. The number of hydrogen-bond donors (Lipinski definition) is 1. The molecule has 8 nitrogen and oxygen atoms in total. The first-order valence-electron chi connectivity index (χ1n) is 7.12. The lowest BCUT2D eigenvalue weighted by atomic mass is 10.2. The van der Waals surface area contributed by atoms with Crippen LogP contribution in [-0.2, 0) is 7.05 Å². The summed E-state index contributed by atoms with van der Waals surface area (Å²) in [5, 5.41) is 17.8. The maximum Gasteiger partial charge on any atom is 0.311 e. The number of nitrogens with zero attached hydrogens (tertiary/aromatic N) is 3. The normalized spacial score (nSPS) is 10.6. The Balaban J connectivity index is 2.19. The van der Waals surface area contributed by atoms with Crippen molar-refractivity contribution in [1.29, 1.82) is 0 Å². The fourth-order valence-corrected chi connectivity index (χ4v) is 1.85. The Morgan fingerprint density at radius 1 is 1.43 bits per heavy atom. The van der Waals surface area contributed by atoms with Gasteiger partial charge in [-0.1, -0.05) is 26.0 Å². The van der Waals surface area contributed by atoms with Crippen LogP contribution >= 0.6 is 0 Å². The van der Waals surface area contributed by atoms with Crippen molar-refractivity contribution in [3.05, 3.63) is 46.1 Å². The van der Waals surface area contributed by atoms with Gasteiger partial charge in [-0.3, -0.25) is 14.9 Å². The fraction of sp³-hybridized carbons (Fsp3) is 0.333. The van der Waals surface area contributed by atoms with Crippen molar-refractivity contribution in [2.24, 2.45) is 13.0 Å². The number of carbonyl (C=O) groups excluding carboxylic acids is 1. The van der Waals surface area contributed by atoms with Gasteiger partial charge in [0, 0.05) is 25.7 Å². The number of benzene rings is 1. The van der Waals surface area contributed by atoms with Gasteiger partial charge in [0.25, 0.3) is 5.91 Å². The average molecular weight is 318 g/mol. The SMILES string of the molecule is CC(C)CNC(=O)c1cc(Oc2ccccc2[N+](=O)[O-])n(C)n1. The second kappa shape index (κ2) is 6.91. The minimum atomic E-state index is -0.526. The highest BCUT2D eigenvalue weighted by atomic mass is 16.6. The molecule has 0 bridgehead atoms. The summed E-state index contributed by atoms with van der Waals surface area (Å²) in [6.07, 6.45) is 0. The van der Waals surface area contributed by atoms with Crippen molar-refractivity contribution in [3.63, 3.8) is 0 Å². The molecule has 0 aliphatic rings. The van der Waals surface area contributed by atoms with Gasteiger partial charge >= 0.3 is 5.69 Å². The Hall–Kier alpha value is -2.90. The highest BCUT2D eigenvalue weighted by Crippen LogP contribution is 2.30. The molecule has 0 saturated heterocycles. The summed E-state index contributed by atoms with van der Waals surface area (Å²) in [5.74, 6) is 0.348. The number of nitro benzene ring substituents is 1. The van der Waals surface area contributed by atoms with E-state index >= 15 is 0 Å². The van der Waals surface area contributed by atoms with E-state index in [1.807, 2.05) is 13.8 Å². The van der Waals surface area contributed by atoms with Gasteiger partial charge in [-0.05, 0) is 12.0 Å². The van der Waals surface area contributed by atoms with E-state index in [-0.39, 0.29) is 28.9 Å². The van der Waals surface area contributed by atoms with Crippen LogP contribution in [0.5, 0.6) is 11.6 Å². The summed E-state index contributed by atoms with van der Waals surface area (Å²) in [7, 11) is 1.60. The van der Waals surface area contributed by atoms with Gasteiger partial charge in [-0.25, -0.2) is 4.68 Å². The second-order valence-corrected chi connectivity index (χ2v) is 5.42. The smallest absolute Gasteiger partial charge is 0.311 e. The van der Waals surface area contributed by atoms with Gasteiger partial charge in [-0.15, -0.1) is 0 Å². The molecule has 1 aromatic carbocycles. The van der Waals surface area contributed by atoms with Crippen LogP contribution in [0.15, 0.2) is 30.3 Å². The number of para-hydroxylation sites is 2. The van der Waals surface area contributed by atoms with Crippen molar-refractivity contribution in [1.82, 2.24) is 15.1 Å². The minimum absolute atomic E-state index is 0.0923. The molecule has 0 fully saturated rings. The molecule has 0 aliphatic carbocycles. The van der Waals surface area contributed by atoms with Gasteiger partial charge in [0.15, 0.2) is 5.69 Å². The zero-order valence-corrected chi connectivity index (χ0v) is 13.1. The van der Waals surface area contributed by atoms with Gasteiger partial charge in [0.2, 0.25) is 11.6 Å². The van der Waals surface area contributed by atoms with E-state index in [0.29, 0.717) is 12.5 Å². The maximum atomic E-state index is 12.0. The molecule has 23 heavy (non-hydrogen) atoms. The zero-order chi connectivity index (χ0) is 17.0. The largest absolute Gasteiger partial charge is 0.432 e. The van der Waals surface area contributed by atoms with Crippen molar-refractivity contribution >= 4 is 11.6 Å². The molecule has 1 heterocycles. The Kier molecular flexibility index (Phi) is 4.95. The molecule has 1 aromatic heterocycles. The third-order valence-electron chi connectivity index (χ3n) is 3.02. The molecule has 0 spiro atoms. The monoisotopic (exact) mass is 318 g/mol. The minimum Gasteiger partial charge on any atom is -0.432 e. The third kappa shape index (κ3) is 4.06. The molecular weight excluding hydrogens is 300 g/mol. The van der Waals surface area contributed by atoms with Crippen LogP contribution in [0.25, 0.3) is 0 Å². The number of aryl methyl sites for hydroxylation is 1. The molecule has 2 aromatic rings. The van der Waals surface area contributed by atoms with Crippen molar-refractivity contribution in [2.45, 2.75) is 13.8 Å². The number of amides is 1. The summed E-state index contributed by atoms with van der Waals surface area (Å²) in [6.45, 7) is 4.51.